The van der Waals surface area contributed by atoms with E-state index in [4.69, 9.17) is 11.5 Å². The van der Waals surface area contributed by atoms with Crippen LogP contribution in [0.1, 0.15) is 43.7 Å². The first kappa shape index (κ1) is 14.2. The van der Waals surface area contributed by atoms with E-state index < -0.39 is 0 Å². The fourth-order valence-corrected chi connectivity index (χ4v) is 1.66. The Morgan fingerprint density at radius 3 is 2.28 bits per heavy atom. The van der Waals surface area contributed by atoms with Crippen LogP contribution in [0, 0.1) is 6.92 Å². The molecule has 1 aromatic rings. The number of hydrogen-bond donors (Lipinski definition) is 2. The SMILES string of the molecule is CCCCCC(=NN=C(N)N)c1ccc(C)cc1. The molecule has 0 saturated heterocycles. The zero-order chi connectivity index (χ0) is 13.4. The van der Waals surface area contributed by atoms with Gasteiger partial charge in [-0.15, -0.1) is 5.10 Å². The molecule has 0 saturated carbocycles. The second kappa shape index (κ2) is 7.48. The van der Waals surface area contributed by atoms with Gasteiger partial charge in [0, 0.05) is 0 Å². The average Bonchev–Trinajstić information content (AvgIpc) is 2.34. The van der Waals surface area contributed by atoms with Crippen molar-refractivity contribution in [1.29, 1.82) is 0 Å². The summed E-state index contributed by atoms with van der Waals surface area (Å²) in [6.07, 6.45) is 4.37. The second-order valence-electron chi connectivity index (χ2n) is 4.39. The van der Waals surface area contributed by atoms with Crippen LogP contribution in [0.15, 0.2) is 34.5 Å². The summed E-state index contributed by atoms with van der Waals surface area (Å²) in [5.41, 5.74) is 13.9. The molecule has 0 aliphatic heterocycles. The lowest BCUT2D eigenvalue weighted by molar-refractivity contribution is 0.741. The molecule has 4 nitrogen and oxygen atoms in total. The highest BCUT2D eigenvalue weighted by Crippen LogP contribution is 2.11. The molecule has 0 aliphatic carbocycles. The molecule has 0 bridgehead atoms. The summed E-state index contributed by atoms with van der Waals surface area (Å²) in [5, 5.41) is 7.91. The number of rotatable bonds is 6. The van der Waals surface area contributed by atoms with E-state index >= 15 is 0 Å². The topological polar surface area (TPSA) is 76.8 Å². The predicted octanol–water partition coefficient (Wildman–Crippen LogP) is 2.55. The minimum absolute atomic E-state index is 0.00453. The molecule has 98 valence electrons. The summed E-state index contributed by atoms with van der Waals surface area (Å²) in [7, 11) is 0. The number of aryl methyl sites for hydroxylation is 1. The molecule has 4 N–H and O–H groups in total. The van der Waals surface area contributed by atoms with E-state index in [-0.39, 0.29) is 5.96 Å². The maximum atomic E-state index is 5.32. The number of nitrogens with zero attached hydrogens (tertiary/aromatic N) is 2. The van der Waals surface area contributed by atoms with Gasteiger partial charge < -0.3 is 11.5 Å². The summed E-state index contributed by atoms with van der Waals surface area (Å²) in [6.45, 7) is 4.24. The molecule has 0 spiro atoms. The van der Waals surface area contributed by atoms with Crippen LogP contribution >= 0.6 is 0 Å². The van der Waals surface area contributed by atoms with Gasteiger partial charge in [-0.1, -0.05) is 49.6 Å². The molecule has 4 heteroatoms. The van der Waals surface area contributed by atoms with Crippen molar-refractivity contribution in [2.75, 3.05) is 0 Å². The molecule has 0 aromatic heterocycles. The van der Waals surface area contributed by atoms with Gasteiger partial charge >= 0.3 is 0 Å². The van der Waals surface area contributed by atoms with Crippen molar-refractivity contribution in [2.45, 2.75) is 39.5 Å². The molecule has 0 fully saturated rings. The Hall–Kier alpha value is -1.84. The Morgan fingerprint density at radius 2 is 1.72 bits per heavy atom. The van der Waals surface area contributed by atoms with Crippen LogP contribution < -0.4 is 11.5 Å². The standard InChI is InChI=1S/C14H22N4/c1-3-4-5-6-13(17-18-14(15)16)12-9-7-11(2)8-10-12/h7-10H,3-6H2,1-2H3,(H4,15,16,18). The van der Waals surface area contributed by atoms with Gasteiger partial charge in [0.15, 0.2) is 0 Å². The fraction of sp³-hybridized carbons (Fsp3) is 0.429. The second-order valence-corrected chi connectivity index (χ2v) is 4.39. The number of hydrogen-bond acceptors (Lipinski definition) is 2. The summed E-state index contributed by atoms with van der Waals surface area (Å²) < 4.78 is 0. The van der Waals surface area contributed by atoms with Crippen LogP contribution in [-0.4, -0.2) is 11.7 Å². The van der Waals surface area contributed by atoms with Crippen molar-refractivity contribution in [3.05, 3.63) is 35.4 Å². The lowest BCUT2D eigenvalue weighted by atomic mass is 10.0. The van der Waals surface area contributed by atoms with Gasteiger partial charge in [0.25, 0.3) is 0 Å². The molecule has 0 radical (unpaired) electrons. The molecule has 1 aromatic carbocycles. The lowest BCUT2D eigenvalue weighted by Crippen LogP contribution is -2.22. The molecular formula is C14H22N4. The van der Waals surface area contributed by atoms with Crippen LogP contribution in [0.2, 0.25) is 0 Å². The van der Waals surface area contributed by atoms with Crippen molar-refractivity contribution in [3.8, 4) is 0 Å². The first-order valence-corrected chi connectivity index (χ1v) is 6.36. The smallest absolute Gasteiger partial charge is 0.211 e. The molecular weight excluding hydrogens is 224 g/mol. The molecule has 0 unspecified atom stereocenters. The minimum atomic E-state index is -0.00453. The third-order valence-corrected chi connectivity index (χ3v) is 2.69. The van der Waals surface area contributed by atoms with Gasteiger partial charge in [0.1, 0.15) is 0 Å². The largest absolute Gasteiger partial charge is 0.369 e. The molecule has 0 heterocycles. The van der Waals surface area contributed by atoms with Crippen molar-refractivity contribution in [3.63, 3.8) is 0 Å². The van der Waals surface area contributed by atoms with Crippen molar-refractivity contribution in [2.24, 2.45) is 21.7 Å². The van der Waals surface area contributed by atoms with E-state index in [0.29, 0.717) is 0 Å². The lowest BCUT2D eigenvalue weighted by Gasteiger charge is -2.05. The quantitative estimate of drug-likeness (QED) is 0.350. The Balaban J connectivity index is 2.86. The number of nitrogens with two attached hydrogens (primary N) is 2. The Kier molecular flexibility index (Phi) is 5.91. The Bertz CT molecular complexity index is 414. The van der Waals surface area contributed by atoms with Crippen LogP contribution in [0.4, 0.5) is 0 Å². The van der Waals surface area contributed by atoms with Gasteiger partial charge in [0.2, 0.25) is 5.96 Å². The zero-order valence-corrected chi connectivity index (χ0v) is 11.2. The van der Waals surface area contributed by atoms with Crippen molar-refractivity contribution >= 4 is 11.7 Å². The van der Waals surface area contributed by atoms with E-state index in [9.17, 15) is 0 Å². The summed E-state index contributed by atoms with van der Waals surface area (Å²) in [4.78, 5) is 0. The summed E-state index contributed by atoms with van der Waals surface area (Å²) >= 11 is 0. The van der Waals surface area contributed by atoms with Crippen molar-refractivity contribution in [1.82, 2.24) is 0 Å². The molecule has 1 rings (SSSR count). The maximum Gasteiger partial charge on any atom is 0.211 e. The highest BCUT2D eigenvalue weighted by molar-refractivity contribution is 6.00. The van der Waals surface area contributed by atoms with Gasteiger partial charge in [0.05, 0.1) is 5.71 Å². The monoisotopic (exact) mass is 246 g/mol. The van der Waals surface area contributed by atoms with Crippen LogP contribution in [0.5, 0.6) is 0 Å². The Morgan fingerprint density at radius 1 is 1.06 bits per heavy atom. The third kappa shape index (κ3) is 4.99. The van der Waals surface area contributed by atoms with Crippen LogP contribution in [0.25, 0.3) is 0 Å². The average molecular weight is 246 g/mol. The van der Waals surface area contributed by atoms with E-state index in [0.717, 1.165) is 24.1 Å². The van der Waals surface area contributed by atoms with Gasteiger partial charge in [-0.25, -0.2) is 0 Å². The van der Waals surface area contributed by atoms with E-state index in [2.05, 4.69) is 48.3 Å². The fourth-order valence-electron chi connectivity index (χ4n) is 1.66. The first-order chi connectivity index (χ1) is 8.63. The summed E-state index contributed by atoms with van der Waals surface area (Å²) in [5.74, 6) is -0.00453. The normalized spacial score (nSPS) is 11.3. The highest BCUT2D eigenvalue weighted by Gasteiger charge is 2.03. The van der Waals surface area contributed by atoms with Gasteiger partial charge in [-0.05, 0) is 25.3 Å². The Labute approximate surface area is 109 Å². The highest BCUT2D eigenvalue weighted by atomic mass is 15.3. The van der Waals surface area contributed by atoms with E-state index in [1.54, 1.807) is 0 Å². The number of unbranched alkanes of at least 4 members (excludes halogenated alkanes) is 2. The molecule has 18 heavy (non-hydrogen) atoms. The number of guanidine groups is 1. The van der Waals surface area contributed by atoms with Crippen LogP contribution in [-0.2, 0) is 0 Å². The van der Waals surface area contributed by atoms with Gasteiger partial charge in [-0.3, -0.25) is 0 Å². The van der Waals surface area contributed by atoms with Gasteiger partial charge in [-0.2, -0.15) is 5.10 Å². The summed E-state index contributed by atoms with van der Waals surface area (Å²) in [6, 6.07) is 8.26. The van der Waals surface area contributed by atoms with Crippen molar-refractivity contribution < 1.29 is 0 Å². The third-order valence-electron chi connectivity index (χ3n) is 2.69. The van der Waals surface area contributed by atoms with E-state index in [1.807, 2.05) is 0 Å². The zero-order valence-electron chi connectivity index (χ0n) is 11.2. The minimum Gasteiger partial charge on any atom is -0.369 e. The number of benzene rings is 1. The maximum absolute atomic E-state index is 5.32. The first-order valence-electron chi connectivity index (χ1n) is 6.36. The molecule has 0 atom stereocenters. The molecule has 0 aliphatic rings. The van der Waals surface area contributed by atoms with Crippen LogP contribution in [0.3, 0.4) is 0 Å². The van der Waals surface area contributed by atoms with E-state index in [1.165, 1.54) is 18.4 Å². The molecule has 0 amide bonds. The predicted molar refractivity (Wildman–Crippen MR) is 77.7 cm³/mol.